The lowest BCUT2D eigenvalue weighted by atomic mass is 10.9. The first-order chi connectivity index (χ1) is 2.41. The maximum Gasteiger partial charge on any atom is 0.332 e. The molecule has 0 fully saturated rings. The predicted molar refractivity (Wildman–Crippen MR) is 16.8 cm³/mol. The van der Waals surface area contributed by atoms with Gasteiger partial charge in [0.05, 0.1) is 0 Å². The maximum atomic E-state index is 8.89. The molecule has 0 aromatic carbocycles. The number of halogens is 1. The average Bonchev–Trinajstić information content (AvgIpc) is 1.41. The molecule has 0 aliphatic heterocycles. The van der Waals surface area contributed by atoms with Crippen molar-refractivity contribution >= 4 is 17.9 Å². The Morgan fingerprint density at radius 2 is 2.60 bits per heavy atom. The lowest BCUT2D eigenvalue weighted by Gasteiger charge is -1.59. The summed E-state index contributed by atoms with van der Waals surface area (Å²) in [6.07, 6.45) is 0.960. The first kappa shape index (κ1) is 4.76. The number of hydrogen-bond acceptors (Lipinski definition) is 1. The van der Waals surface area contributed by atoms with Gasteiger partial charge in [-0.3, -0.25) is 0 Å². The van der Waals surface area contributed by atoms with E-state index in [0.29, 0.717) is 0 Å². The molecule has 30 valence electrons. The van der Waals surface area contributed by atoms with Crippen LogP contribution in [0.1, 0.15) is 0 Å². The Hall–Kier alpha value is -0.240. The summed E-state index contributed by atoms with van der Waals surface area (Å²) in [7, 11) is 0. The van der Waals surface area contributed by atoms with Crippen molar-refractivity contribution in [2.24, 2.45) is 0 Å². The largest absolute Gasteiger partial charge is 0.463 e. The van der Waals surface area contributed by atoms with Crippen molar-refractivity contribution in [3.63, 3.8) is 0 Å². The second kappa shape index (κ2) is 3.76. The summed E-state index contributed by atoms with van der Waals surface area (Å²) in [5.41, 5.74) is 0. The fourth-order valence-electron chi connectivity index (χ4n) is 0.0257. The molecule has 0 amide bonds. The van der Waals surface area contributed by atoms with Crippen LogP contribution in [0.5, 0.6) is 0 Å². The van der Waals surface area contributed by atoms with E-state index in [-0.39, 0.29) is 5.88 Å². The molecule has 2 nitrogen and oxygen atoms in total. The summed E-state index contributed by atoms with van der Waals surface area (Å²) in [5, 5.41) is 8.89. The van der Waals surface area contributed by atoms with Crippen molar-refractivity contribution in [2.75, 3.05) is 5.88 Å². The van der Waals surface area contributed by atoms with E-state index in [2.05, 4.69) is 4.58 Å². The molecule has 0 saturated heterocycles. The van der Waals surface area contributed by atoms with E-state index >= 15 is 0 Å². The monoisotopic (exact) mass is 94.0 g/mol. The average molecular weight is 94.5 g/mol. The highest BCUT2D eigenvalue weighted by atomic mass is 35.5. The van der Waals surface area contributed by atoms with Crippen LogP contribution in [-0.4, -0.2) is 12.2 Å². The molecule has 5 heavy (non-hydrogen) atoms. The topological polar surface area (TPSA) is 34.4 Å². The number of rotatable bonds is 1. The van der Waals surface area contributed by atoms with Crippen molar-refractivity contribution in [1.82, 2.24) is 0 Å². The molecule has 0 bridgehead atoms. The van der Waals surface area contributed by atoms with Gasteiger partial charge < -0.3 is 5.26 Å². The van der Waals surface area contributed by atoms with Gasteiger partial charge in [-0.25, -0.2) is 0 Å². The molecule has 3 heteroatoms. The second-order valence-corrected chi connectivity index (χ2v) is 0.726. The zero-order valence-electron chi connectivity index (χ0n) is 2.48. The van der Waals surface area contributed by atoms with Gasteiger partial charge in [0, 0.05) is 0 Å². The molecular weight excluding hydrogens is 91.5 g/mol. The van der Waals surface area contributed by atoms with Gasteiger partial charge in [0.2, 0.25) is 0 Å². The highest BCUT2D eigenvalue weighted by Crippen LogP contribution is 1.58. The Bertz CT molecular complexity index is 34.6. The van der Waals surface area contributed by atoms with Crippen LogP contribution >= 0.6 is 11.6 Å². The molecule has 0 aromatic heterocycles. The van der Waals surface area contributed by atoms with Crippen molar-refractivity contribution in [3.05, 3.63) is 0 Å². The van der Waals surface area contributed by atoms with Gasteiger partial charge in [-0.15, -0.1) is 11.6 Å². The highest BCUT2D eigenvalue weighted by Gasteiger charge is 1.69. The summed E-state index contributed by atoms with van der Waals surface area (Å²) in [6.45, 7) is 0. The smallest absolute Gasteiger partial charge is 0.332 e. The van der Waals surface area contributed by atoms with Crippen LogP contribution in [0.4, 0.5) is 0 Å². The molecule has 0 heterocycles. The molecule has 0 radical (unpaired) electrons. The Kier molecular flexibility index (Phi) is 3.58. The fourth-order valence-corrected chi connectivity index (χ4v) is 0.0772. The van der Waals surface area contributed by atoms with Gasteiger partial charge in [0.25, 0.3) is 0 Å². The SMILES string of the molecule is [O-][O+]=CCCl. The van der Waals surface area contributed by atoms with Crippen molar-refractivity contribution < 1.29 is 9.83 Å². The quantitative estimate of drug-likeness (QED) is 0.138. The van der Waals surface area contributed by atoms with E-state index in [4.69, 9.17) is 16.9 Å². The molecule has 0 rings (SSSR count). The van der Waals surface area contributed by atoms with Crippen molar-refractivity contribution in [1.29, 1.82) is 0 Å². The lowest BCUT2D eigenvalue weighted by molar-refractivity contribution is -1.04. The predicted octanol–water partition coefficient (Wildman–Crippen LogP) is -0.765. The number of aldehydes is 1. The van der Waals surface area contributed by atoms with Crippen LogP contribution in [0.25, 0.3) is 0 Å². The molecule has 0 unspecified atom stereocenters. The summed E-state index contributed by atoms with van der Waals surface area (Å²) in [5.74, 6) is 0.156. The van der Waals surface area contributed by atoms with Gasteiger partial charge in [-0.1, -0.05) is 0 Å². The van der Waals surface area contributed by atoms with Gasteiger partial charge in [-0.05, 0) is 0 Å². The standard InChI is InChI=1S/C2H3ClO2/c3-1-2-5-4/h2H,1H2. The van der Waals surface area contributed by atoms with Crippen LogP contribution < -0.4 is 5.26 Å². The fraction of sp³-hybridized carbons (Fsp3) is 0.500. The van der Waals surface area contributed by atoms with Gasteiger partial charge >= 0.3 is 6.29 Å². The van der Waals surface area contributed by atoms with Crippen LogP contribution in [-0.2, 0) is 4.58 Å². The Labute approximate surface area is 34.6 Å². The maximum absolute atomic E-state index is 8.89. The highest BCUT2D eigenvalue weighted by molar-refractivity contribution is 6.24. The van der Waals surface area contributed by atoms with E-state index < -0.39 is 0 Å². The van der Waals surface area contributed by atoms with Crippen LogP contribution in [0, 0.1) is 0 Å². The molecule has 0 saturated carbocycles. The molecule has 0 aliphatic carbocycles. The molecular formula is C2H3ClO2. The first-order valence-electron chi connectivity index (χ1n) is 1.08. The van der Waals surface area contributed by atoms with Gasteiger partial charge in [0.15, 0.2) is 0 Å². The minimum Gasteiger partial charge on any atom is -0.463 e. The second-order valence-electron chi connectivity index (χ2n) is 0.417. The van der Waals surface area contributed by atoms with Crippen LogP contribution in [0.15, 0.2) is 0 Å². The van der Waals surface area contributed by atoms with E-state index in [1.165, 1.54) is 0 Å². The normalized spacial score (nSPS) is 9.80. The summed E-state index contributed by atoms with van der Waals surface area (Å²) < 4.78 is 3.18. The van der Waals surface area contributed by atoms with Crippen LogP contribution in [0.3, 0.4) is 0 Å². The Balaban J connectivity index is 2.62. The molecule has 0 aromatic rings. The Morgan fingerprint density at radius 1 is 2.00 bits per heavy atom. The summed E-state index contributed by atoms with van der Waals surface area (Å²) >= 11 is 4.92. The molecule has 0 N–H and O–H groups in total. The third-order valence-electron chi connectivity index (χ3n) is 0.131. The van der Waals surface area contributed by atoms with Gasteiger partial charge in [-0.2, -0.15) is 4.58 Å². The van der Waals surface area contributed by atoms with Crippen molar-refractivity contribution in [3.8, 4) is 0 Å². The number of hydrogen-bond donors (Lipinski definition) is 0. The Morgan fingerprint density at radius 3 is 2.60 bits per heavy atom. The number of carbonyl (C=O) groups excluding carboxylic acids is 1. The lowest BCUT2D eigenvalue weighted by Crippen LogP contribution is -1.96. The molecule has 0 spiro atoms. The zero-order chi connectivity index (χ0) is 4.12. The molecule has 0 aliphatic rings. The van der Waals surface area contributed by atoms with Crippen molar-refractivity contribution in [2.45, 2.75) is 0 Å². The van der Waals surface area contributed by atoms with E-state index in [9.17, 15) is 0 Å². The van der Waals surface area contributed by atoms with E-state index in [0.717, 1.165) is 6.29 Å². The van der Waals surface area contributed by atoms with E-state index in [1.54, 1.807) is 0 Å². The third-order valence-corrected chi connectivity index (χ3v) is 0.257. The van der Waals surface area contributed by atoms with Crippen LogP contribution in [0.2, 0.25) is 0 Å². The third kappa shape index (κ3) is 3.76. The molecule has 0 atom stereocenters. The van der Waals surface area contributed by atoms with Gasteiger partial charge in [0.1, 0.15) is 5.88 Å². The number of alkyl halides is 1. The summed E-state index contributed by atoms with van der Waals surface area (Å²) in [4.78, 5) is 0. The minimum absolute atomic E-state index is 0.156. The first-order valence-corrected chi connectivity index (χ1v) is 1.61. The zero-order valence-corrected chi connectivity index (χ0v) is 3.23. The van der Waals surface area contributed by atoms with E-state index in [1.807, 2.05) is 0 Å². The minimum atomic E-state index is 0.156. The summed E-state index contributed by atoms with van der Waals surface area (Å²) in [6, 6.07) is 0.